The van der Waals surface area contributed by atoms with Gasteiger partial charge in [-0.1, -0.05) is 18.2 Å². The second-order valence-corrected chi connectivity index (χ2v) is 7.49. The van der Waals surface area contributed by atoms with Crippen molar-refractivity contribution in [1.29, 1.82) is 0 Å². The van der Waals surface area contributed by atoms with Crippen molar-refractivity contribution in [1.82, 2.24) is 5.32 Å². The minimum atomic E-state index is -3.99. The standard InChI is InChI=1S/C17H17FN2O3S/c1-11-6-9-13(10-14(11)17(21)19-12-7-8-12)24(22,23)20-16-5-3-2-4-15(16)18/h2-6,9-10,12,20H,7-8H2,1H3,(H,19,21). The fraction of sp³-hybridized carbons (Fsp3) is 0.235. The van der Waals surface area contributed by atoms with Crippen LogP contribution in [0.1, 0.15) is 28.8 Å². The maximum atomic E-state index is 13.7. The van der Waals surface area contributed by atoms with E-state index in [0.717, 1.165) is 12.8 Å². The monoisotopic (exact) mass is 348 g/mol. The van der Waals surface area contributed by atoms with Gasteiger partial charge >= 0.3 is 0 Å². The molecule has 1 fully saturated rings. The van der Waals surface area contributed by atoms with E-state index in [1.807, 2.05) is 0 Å². The summed E-state index contributed by atoms with van der Waals surface area (Å²) in [7, 11) is -3.99. The van der Waals surface area contributed by atoms with E-state index in [9.17, 15) is 17.6 Å². The molecule has 7 heteroatoms. The van der Waals surface area contributed by atoms with E-state index >= 15 is 0 Å². The van der Waals surface area contributed by atoms with Crippen LogP contribution in [0, 0.1) is 12.7 Å². The quantitative estimate of drug-likeness (QED) is 0.872. The lowest BCUT2D eigenvalue weighted by Gasteiger charge is -2.12. The largest absolute Gasteiger partial charge is 0.349 e. The number of halogens is 1. The van der Waals surface area contributed by atoms with Crippen molar-refractivity contribution in [2.75, 3.05) is 4.72 Å². The van der Waals surface area contributed by atoms with Crippen LogP contribution in [0.3, 0.4) is 0 Å². The van der Waals surface area contributed by atoms with Crippen LogP contribution in [-0.2, 0) is 10.0 Å². The molecule has 2 aromatic carbocycles. The molecule has 0 radical (unpaired) electrons. The molecule has 2 N–H and O–H groups in total. The fourth-order valence-electron chi connectivity index (χ4n) is 2.25. The molecular weight excluding hydrogens is 331 g/mol. The van der Waals surface area contributed by atoms with Crippen LogP contribution < -0.4 is 10.0 Å². The number of rotatable bonds is 5. The van der Waals surface area contributed by atoms with Gasteiger partial charge in [-0.25, -0.2) is 12.8 Å². The van der Waals surface area contributed by atoms with Gasteiger partial charge in [0.25, 0.3) is 15.9 Å². The van der Waals surface area contributed by atoms with Gasteiger partial charge in [0.05, 0.1) is 10.6 Å². The Morgan fingerprint density at radius 1 is 1.17 bits per heavy atom. The number of carbonyl (C=O) groups is 1. The first-order valence-corrected chi connectivity index (χ1v) is 9.04. The summed E-state index contributed by atoms with van der Waals surface area (Å²) in [6.07, 6.45) is 1.88. The molecule has 1 aliphatic rings. The number of sulfonamides is 1. The van der Waals surface area contributed by atoms with Crippen molar-refractivity contribution in [2.24, 2.45) is 0 Å². The van der Waals surface area contributed by atoms with E-state index in [1.165, 1.54) is 36.4 Å². The van der Waals surface area contributed by atoms with Crippen LogP contribution in [0.4, 0.5) is 10.1 Å². The lowest BCUT2D eigenvalue weighted by molar-refractivity contribution is 0.0950. The minimum Gasteiger partial charge on any atom is -0.349 e. The third-order valence-electron chi connectivity index (χ3n) is 3.79. The number of amides is 1. The summed E-state index contributed by atoms with van der Waals surface area (Å²) in [4.78, 5) is 12.1. The van der Waals surface area contributed by atoms with Crippen molar-refractivity contribution in [3.63, 3.8) is 0 Å². The molecule has 0 saturated heterocycles. The maximum absolute atomic E-state index is 13.7. The van der Waals surface area contributed by atoms with Crippen LogP contribution in [0.25, 0.3) is 0 Å². The summed E-state index contributed by atoms with van der Waals surface area (Å²) < 4.78 is 40.8. The molecule has 3 rings (SSSR count). The summed E-state index contributed by atoms with van der Waals surface area (Å²) in [5.41, 5.74) is 0.846. The molecule has 0 spiro atoms. The number of anilines is 1. The molecule has 5 nitrogen and oxygen atoms in total. The zero-order valence-electron chi connectivity index (χ0n) is 13.0. The molecule has 2 aromatic rings. The highest BCUT2D eigenvalue weighted by atomic mass is 32.2. The van der Waals surface area contributed by atoms with Crippen molar-refractivity contribution < 1.29 is 17.6 Å². The predicted molar refractivity (Wildman–Crippen MR) is 88.9 cm³/mol. The van der Waals surface area contributed by atoms with E-state index in [-0.39, 0.29) is 22.5 Å². The third-order valence-corrected chi connectivity index (χ3v) is 5.16. The average molecular weight is 348 g/mol. The molecule has 0 aliphatic heterocycles. The Bertz CT molecular complexity index is 892. The predicted octanol–water partition coefficient (Wildman–Crippen LogP) is 2.83. The number of nitrogens with one attached hydrogen (secondary N) is 2. The molecule has 0 unspecified atom stereocenters. The molecule has 1 amide bonds. The average Bonchev–Trinajstić information content (AvgIpc) is 3.33. The summed E-state index contributed by atoms with van der Waals surface area (Å²) in [6, 6.07) is 9.96. The van der Waals surface area contributed by atoms with Gasteiger partial charge in [-0.15, -0.1) is 0 Å². The molecule has 24 heavy (non-hydrogen) atoms. The number of hydrogen-bond donors (Lipinski definition) is 2. The topological polar surface area (TPSA) is 75.3 Å². The first-order valence-electron chi connectivity index (χ1n) is 7.56. The van der Waals surface area contributed by atoms with Crippen molar-refractivity contribution >= 4 is 21.6 Å². The second kappa shape index (κ2) is 6.24. The van der Waals surface area contributed by atoms with Gasteiger partial charge in [0, 0.05) is 11.6 Å². The normalized spacial score (nSPS) is 14.2. The van der Waals surface area contributed by atoms with Gasteiger partial charge in [-0.2, -0.15) is 0 Å². The van der Waals surface area contributed by atoms with Crippen molar-refractivity contribution in [2.45, 2.75) is 30.7 Å². The maximum Gasteiger partial charge on any atom is 0.262 e. The molecule has 126 valence electrons. The fourth-order valence-corrected chi connectivity index (χ4v) is 3.34. The SMILES string of the molecule is Cc1ccc(S(=O)(=O)Nc2ccccc2F)cc1C(=O)NC1CC1. The van der Waals surface area contributed by atoms with Gasteiger partial charge in [0.15, 0.2) is 0 Å². The summed E-state index contributed by atoms with van der Waals surface area (Å²) in [5, 5.41) is 2.83. The van der Waals surface area contributed by atoms with E-state index < -0.39 is 15.8 Å². The summed E-state index contributed by atoms with van der Waals surface area (Å²) in [6.45, 7) is 1.74. The van der Waals surface area contributed by atoms with Gasteiger partial charge in [0.2, 0.25) is 0 Å². The third kappa shape index (κ3) is 3.56. The number of hydrogen-bond acceptors (Lipinski definition) is 3. The Labute approximate surface area is 139 Å². The summed E-state index contributed by atoms with van der Waals surface area (Å²) >= 11 is 0. The highest BCUT2D eigenvalue weighted by Crippen LogP contribution is 2.23. The molecule has 1 saturated carbocycles. The Morgan fingerprint density at radius 2 is 1.88 bits per heavy atom. The van der Waals surface area contributed by atoms with Gasteiger partial charge < -0.3 is 5.32 Å². The Kier molecular flexibility index (Phi) is 4.28. The zero-order valence-corrected chi connectivity index (χ0v) is 13.9. The molecule has 0 bridgehead atoms. The highest BCUT2D eigenvalue weighted by molar-refractivity contribution is 7.92. The van der Waals surface area contributed by atoms with E-state index in [4.69, 9.17) is 0 Å². The van der Waals surface area contributed by atoms with E-state index in [1.54, 1.807) is 13.0 Å². The smallest absolute Gasteiger partial charge is 0.262 e. The Hall–Kier alpha value is -2.41. The first kappa shape index (κ1) is 16.4. The lowest BCUT2D eigenvalue weighted by Crippen LogP contribution is -2.26. The van der Waals surface area contributed by atoms with Gasteiger partial charge in [0.1, 0.15) is 5.82 Å². The van der Waals surface area contributed by atoms with E-state index in [2.05, 4.69) is 10.0 Å². The summed E-state index contributed by atoms with van der Waals surface area (Å²) in [5.74, 6) is -0.960. The highest BCUT2D eigenvalue weighted by Gasteiger charge is 2.25. The number of para-hydroxylation sites is 1. The molecule has 1 aliphatic carbocycles. The second-order valence-electron chi connectivity index (χ2n) is 5.81. The van der Waals surface area contributed by atoms with Crippen molar-refractivity contribution in [3.05, 3.63) is 59.4 Å². The number of carbonyl (C=O) groups excluding carboxylic acids is 1. The van der Waals surface area contributed by atoms with Crippen LogP contribution in [0.15, 0.2) is 47.4 Å². The van der Waals surface area contributed by atoms with Crippen molar-refractivity contribution in [3.8, 4) is 0 Å². The lowest BCUT2D eigenvalue weighted by atomic mass is 10.1. The zero-order chi connectivity index (χ0) is 17.3. The molecule has 0 aromatic heterocycles. The molecular formula is C17H17FN2O3S. The Morgan fingerprint density at radius 3 is 2.54 bits per heavy atom. The number of aryl methyl sites for hydroxylation is 1. The molecule has 0 heterocycles. The first-order chi connectivity index (χ1) is 11.4. The van der Waals surface area contributed by atoms with Crippen LogP contribution in [-0.4, -0.2) is 20.4 Å². The van der Waals surface area contributed by atoms with Crippen LogP contribution in [0.2, 0.25) is 0 Å². The van der Waals surface area contributed by atoms with Gasteiger partial charge in [-0.3, -0.25) is 9.52 Å². The molecule has 0 atom stereocenters. The van der Waals surface area contributed by atoms with Crippen LogP contribution in [0.5, 0.6) is 0 Å². The van der Waals surface area contributed by atoms with Crippen LogP contribution >= 0.6 is 0 Å². The van der Waals surface area contributed by atoms with E-state index in [0.29, 0.717) is 11.1 Å². The van der Waals surface area contributed by atoms with Gasteiger partial charge in [-0.05, 0) is 49.6 Å². The Balaban J connectivity index is 1.90. The number of benzene rings is 2. The minimum absolute atomic E-state index is 0.0858.